The molecule has 0 unspecified atom stereocenters. The Kier molecular flexibility index (Phi) is 2.32. The van der Waals surface area contributed by atoms with Crippen LogP contribution in [0.5, 0.6) is 0 Å². The number of rotatable bonds is 1. The molecule has 2 heterocycles. The topological polar surface area (TPSA) is 37.8 Å². The molecule has 12 heavy (non-hydrogen) atoms. The molecule has 1 saturated heterocycles. The normalized spacial score (nSPS) is 19.3. The van der Waals surface area contributed by atoms with Gasteiger partial charge in [0.2, 0.25) is 0 Å². The van der Waals surface area contributed by atoms with Gasteiger partial charge in [0.25, 0.3) is 0 Å². The number of aromatic nitrogens is 2. The van der Waals surface area contributed by atoms with Crippen LogP contribution in [-0.4, -0.2) is 23.1 Å². The molecule has 1 N–H and O–H groups in total. The van der Waals surface area contributed by atoms with E-state index < -0.39 is 0 Å². The van der Waals surface area contributed by atoms with Crippen molar-refractivity contribution in [2.45, 2.75) is 18.8 Å². The number of piperidine rings is 1. The fraction of sp³-hybridized carbons (Fsp3) is 0.556. The van der Waals surface area contributed by atoms with Gasteiger partial charge in [-0.2, -0.15) is 0 Å². The van der Waals surface area contributed by atoms with Gasteiger partial charge in [0.1, 0.15) is 0 Å². The van der Waals surface area contributed by atoms with Gasteiger partial charge in [-0.05, 0) is 32.0 Å². The molecule has 3 heteroatoms. The molecule has 2 rings (SSSR count). The van der Waals surface area contributed by atoms with Gasteiger partial charge in [-0.25, -0.2) is 9.97 Å². The second-order valence-corrected chi connectivity index (χ2v) is 3.11. The van der Waals surface area contributed by atoms with Gasteiger partial charge in [0.05, 0.1) is 0 Å². The third-order valence-electron chi connectivity index (χ3n) is 2.31. The zero-order valence-corrected chi connectivity index (χ0v) is 6.95. The van der Waals surface area contributed by atoms with Crippen LogP contribution in [0.4, 0.5) is 0 Å². The van der Waals surface area contributed by atoms with Crippen LogP contribution in [0.1, 0.15) is 24.5 Å². The summed E-state index contributed by atoms with van der Waals surface area (Å²) in [6.45, 7) is 2.21. The second kappa shape index (κ2) is 3.63. The Labute approximate surface area is 72.2 Å². The highest BCUT2D eigenvalue weighted by molar-refractivity contribution is 5.06. The van der Waals surface area contributed by atoms with Crippen molar-refractivity contribution < 1.29 is 0 Å². The van der Waals surface area contributed by atoms with Gasteiger partial charge in [-0.3, -0.25) is 0 Å². The van der Waals surface area contributed by atoms with Crippen molar-refractivity contribution in [2.24, 2.45) is 0 Å². The highest BCUT2D eigenvalue weighted by Gasteiger charge is 2.15. The van der Waals surface area contributed by atoms with Crippen LogP contribution >= 0.6 is 0 Å². The first-order valence-corrected chi connectivity index (χ1v) is 4.36. The van der Waals surface area contributed by atoms with E-state index in [1.165, 1.54) is 12.8 Å². The average Bonchev–Trinajstić information content (AvgIpc) is 2.21. The molecule has 63 valence electrons. The maximum absolute atomic E-state index is 4.14. The first-order chi connectivity index (χ1) is 5.97. The lowest BCUT2D eigenvalue weighted by atomic mass is 9.95. The molecule has 0 saturated carbocycles. The van der Waals surface area contributed by atoms with Crippen LogP contribution in [0.25, 0.3) is 0 Å². The maximum atomic E-state index is 4.14. The number of nitrogens with zero attached hydrogens (tertiary/aromatic N) is 2. The summed E-state index contributed by atoms with van der Waals surface area (Å²) in [5.41, 5.74) is 1.14. The molecule has 1 aliphatic heterocycles. The summed E-state index contributed by atoms with van der Waals surface area (Å²) in [7, 11) is 0. The van der Waals surface area contributed by atoms with Gasteiger partial charge in [0.15, 0.2) is 6.33 Å². The first kappa shape index (κ1) is 7.68. The van der Waals surface area contributed by atoms with Crippen LogP contribution in [-0.2, 0) is 0 Å². The summed E-state index contributed by atoms with van der Waals surface area (Å²) in [4.78, 5) is 7.93. The van der Waals surface area contributed by atoms with E-state index in [0.717, 1.165) is 18.8 Å². The standard InChI is InChI=1S/C9H12N3/c1-4-10-5-2-8(1)9-3-6-11-7-12-9/h3,6,8,10H,1-2,4-5H2. The van der Waals surface area contributed by atoms with Gasteiger partial charge < -0.3 is 5.32 Å². The predicted molar refractivity (Wildman–Crippen MR) is 45.7 cm³/mol. The Morgan fingerprint density at radius 3 is 2.92 bits per heavy atom. The van der Waals surface area contributed by atoms with E-state index in [4.69, 9.17) is 0 Å². The van der Waals surface area contributed by atoms with Crippen molar-refractivity contribution >= 4 is 0 Å². The predicted octanol–water partition coefficient (Wildman–Crippen LogP) is 0.744. The lowest BCUT2D eigenvalue weighted by Gasteiger charge is -2.21. The Hall–Kier alpha value is -0.960. The molecule has 0 spiro atoms. The highest BCUT2D eigenvalue weighted by Crippen LogP contribution is 2.21. The molecule has 0 aromatic carbocycles. The molecular formula is C9H12N3. The van der Waals surface area contributed by atoms with Gasteiger partial charge in [-0.15, -0.1) is 0 Å². The zero-order chi connectivity index (χ0) is 8.23. The van der Waals surface area contributed by atoms with E-state index in [9.17, 15) is 0 Å². The van der Waals surface area contributed by atoms with E-state index in [0.29, 0.717) is 5.92 Å². The summed E-state index contributed by atoms with van der Waals surface area (Å²) >= 11 is 0. The van der Waals surface area contributed by atoms with Crippen LogP contribution in [0.15, 0.2) is 12.3 Å². The van der Waals surface area contributed by atoms with Crippen molar-refractivity contribution in [3.63, 3.8) is 0 Å². The molecule has 1 aromatic rings. The van der Waals surface area contributed by atoms with Crippen molar-refractivity contribution in [1.29, 1.82) is 0 Å². The largest absolute Gasteiger partial charge is 0.317 e. The minimum Gasteiger partial charge on any atom is -0.317 e. The van der Waals surface area contributed by atoms with Gasteiger partial charge in [-0.1, -0.05) is 0 Å². The number of nitrogens with one attached hydrogen (secondary N) is 1. The van der Waals surface area contributed by atoms with Crippen molar-refractivity contribution in [3.05, 3.63) is 24.3 Å². The summed E-state index contributed by atoms with van der Waals surface area (Å²) in [5, 5.41) is 3.33. The fourth-order valence-electron chi connectivity index (χ4n) is 1.62. The highest BCUT2D eigenvalue weighted by atomic mass is 14.9. The lowest BCUT2D eigenvalue weighted by Crippen LogP contribution is -2.27. The van der Waals surface area contributed by atoms with Crippen molar-refractivity contribution in [3.8, 4) is 0 Å². The molecule has 1 radical (unpaired) electrons. The summed E-state index contributed by atoms with van der Waals surface area (Å²) in [6, 6.07) is 1.99. The lowest BCUT2D eigenvalue weighted by molar-refractivity contribution is 0.452. The van der Waals surface area contributed by atoms with E-state index in [1.807, 2.05) is 6.07 Å². The Morgan fingerprint density at radius 2 is 2.25 bits per heavy atom. The van der Waals surface area contributed by atoms with Crippen LogP contribution in [0.2, 0.25) is 0 Å². The number of hydrogen-bond donors (Lipinski definition) is 1. The van der Waals surface area contributed by atoms with E-state index >= 15 is 0 Å². The molecule has 3 nitrogen and oxygen atoms in total. The SMILES string of the molecule is [c]1nccc(C2CCNCC2)n1. The van der Waals surface area contributed by atoms with E-state index in [2.05, 4.69) is 21.6 Å². The molecule has 0 aliphatic carbocycles. The van der Waals surface area contributed by atoms with Crippen LogP contribution < -0.4 is 5.32 Å². The Balaban J connectivity index is 2.08. The maximum Gasteiger partial charge on any atom is 0.197 e. The molecule has 0 bridgehead atoms. The minimum atomic E-state index is 0.616. The molecule has 1 aromatic heterocycles. The van der Waals surface area contributed by atoms with Gasteiger partial charge in [0, 0.05) is 17.8 Å². The number of hydrogen-bond acceptors (Lipinski definition) is 3. The monoisotopic (exact) mass is 162 g/mol. The van der Waals surface area contributed by atoms with E-state index in [-0.39, 0.29) is 0 Å². The fourth-order valence-corrected chi connectivity index (χ4v) is 1.62. The molecule has 0 amide bonds. The first-order valence-electron chi connectivity index (χ1n) is 4.36. The third-order valence-corrected chi connectivity index (χ3v) is 2.31. The van der Waals surface area contributed by atoms with E-state index in [1.54, 1.807) is 6.20 Å². The summed E-state index contributed by atoms with van der Waals surface area (Å²) in [6.07, 6.45) is 6.78. The van der Waals surface area contributed by atoms with Crippen LogP contribution in [0.3, 0.4) is 0 Å². The molecule has 1 aliphatic rings. The van der Waals surface area contributed by atoms with Crippen LogP contribution in [0, 0.1) is 6.33 Å². The van der Waals surface area contributed by atoms with Gasteiger partial charge >= 0.3 is 0 Å². The zero-order valence-electron chi connectivity index (χ0n) is 6.95. The average molecular weight is 162 g/mol. The Morgan fingerprint density at radius 1 is 1.42 bits per heavy atom. The smallest absolute Gasteiger partial charge is 0.197 e. The molecule has 1 fully saturated rings. The third kappa shape index (κ3) is 1.61. The van der Waals surface area contributed by atoms with Crippen molar-refractivity contribution in [1.82, 2.24) is 15.3 Å². The summed E-state index contributed by atoms with van der Waals surface area (Å²) in [5.74, 6) is 0.616. The quantitative estimate of drug-likeness (QED) is 0.662. The molecule has 0 atom stereocenters. The minimum absolute atomic E-state index is 0.616. The van der Waals surface area contributed by atoms with Crippen molar-refractivity contribution in [2.75, 3.05) is 13.1 Å². The summed E-state index contributed by atoms with van der Waals surface area (Å²) < 4.78 is 0. The Bertz CT molecular complexity index is 229. The molecular weight excluding hydrogens is 150 g/mol. The second-order valence-electron chi connectivity index (χ2n) is 3.11.